The summed E-state index contributed by atoms with van der Waals surface area (Å²) < 4.78 is 0. The van der Waals surface area contributed by atoms with E-state index in [1.807, 2.05) is 6.20 Å². The van der Waals surface area contributed by atoms with E-state index < -0.39 is 5.41 Å². The van der Waals surface area contributed by atoms with Gasteiger partial charge < -0.3 is 10.7 Å². The molecule has 5 aliphatic carbocycles. The molecule has 4 N–H and O–H groups in total. The topological polar surface area (TPSA) is 126 Å². The molecule has 0 radical (unpaired) electrons. The van der Waals surface area contributed by atoms with E-state index in [-0.39, 0.29) is 44.1 Å². The Kier molecular flexibility index (Phi) is 6.93. The number of aryl methyl sites for hydroxylation is 1. The molecule has 0 bridgehead atoms. The van der Waals surface area contributed by atoms with Gasteiger partial charge in [0, 0.05) is 28.9 Å². The number of anilines is 1. The van der Waals surface area contributed by atoms with E-state index in [1.165, 1.54) is 52.7 Å². The van der Waals surface area contributed by atoms with Crippen molar-refractivity contribution in [2.75, 3.05) is 5.73 Å². The Morgan fingerprint density at radius 1 is 1.00 bits per heavy atom. The Morgan fingerprint density at radius 3 is 2.48 bits per heavy atom. The standard InChI is InChI=1S/C39H53N7OS/c1-22-25-19-36(6)27(35(4,5)30(25)44-43-22)11-12-37(7)28(36)18-24(23-10-9-17-41-21-23)29-26-20-34(2,3)13-15-39(26,16-14-38(29,37)8)31(47)48-33-42-32(40)45-46-33/h9-10,17,21,26-28H,11-16,18-20H2,1-8H3,(H,43,44)(H3,40,42,45,46)/t26-,27-,28?,36-,37+,38+,39-/m0/s1. The number of nitrogens with one attached hydrogen (secondary N) is 2. The van der Waals surface area contributed by atoms with Crippen LogP contribution in [0.4, 0.5) is 5.95 Å². The number of pyridine rings is 1. The zero-order valence-corrected chi connectivity index (χ0v) is 30.9. The summed E-state index contributed by atoms with van der Waals surface area (Å²) in [5.74, 6) is 1.44. The van der Waals surface area contributed by atoms with Crippen LogP contribution in [0.1, 0.15) is 122 Å². The third-order valence-electron chi connectivity index (χ3n) is 15.2. The summed E-state index contributed by atoms with van der Waals surface area (Å²) in [6, 6.07) is 4.38. The molecule has 3 aromatic rings. The third-order valence-corrected chi connectivity index (χ3v) is 16.2. The van der Waals surface area contributed by atoms with Crippen molar-refractivity contribution in [2.24, 2.45) is 44.8 Å². The van der Waals surface area contributed by atoms with Gasteiger partial charge in [-0.1, -0.05) is 60.1 Å². The summed E-state index contributed by atoms with van der Waals surface area (Å²) in [5.41, 5.74) is 14.0. The molecule has 0 aromatic carbocycles. The fourth-order valence-electron chi connectivity index (χ4n) is 12.6. The highest BCUT2D eigenvalue weighted by molar-refractivity contribution is 8.13. The fraction of sp³-hybridized carbons (Fsp3) is 0.667. The minimum absolute atomic E-state index is 0.00333. The van der Waals surface area contributed by atoms with Crippen molar-refractivity contribution in [3.63, 3.8) is 0 Å². The van der Waals surface area contributed by atoms with Gasteiger partial charge in [0.1, 0.15) is 0 Å². The minimum Gasteiger partial charge on any atom is -0.368 e. The third kappa shape index (κ3) is 4.24. The Morgan fingerprint density at radius 2 is 1.77 bits per heavy atom. The Balaban J connectivity index is 1.33. The SMILES string of the molecule is Cc1[nH]nc2c1C[C@]1(C)C3CC(c4cccnc4)=C4[C@@H]5CC(C)(C)CC[C@]5(C(=O)Sc5nnc(N)[nH]5)CC[C@@]4(C)[C@]3(C)CC[C@H]1C2(C)C. The molecule has 0 aliphatic heterocycles. The van der Waals surface area contributed by atoms with Crippen LogP contribution in [0.2, 0.25) is 0 Å². The molecule has 0 amide bonds. The monoisotopic (exact) mass is 667 g/mol. The minimum atomic E-state index is -0.454. The highest BCUT2D eigenvalue weighted by Crippen LogP contribution is 2.77. The second kappa shape index (κ2) is 10.3. The summed E-state index contributed by atoms with van der Waals surface area (Å²) in [4.78, 5) is 22.5. The van der Waals surface area contributed by atoms with Crippen LogP contribution in [0.3, 0.4) is 0 Å². The van der Waals surface area contributed by atoms with E-state index in [0.29, 0.717) is 17.0 Å². The van der Waals surface area contributed by atoms with E-state index in [9.17, 15) is 4.79 Å². The quantitative estimate of drug-likeness (QED) is 0.239. The van der Waals surface area contributed by atoms with Gasteiger partial charge in [-0.15, -0.1) is 10.2 Å². The zero-order chi connectivity index (χ0) is 34.1. The highest BCUT2D eigenvalue weighted by atomic mass is 32.2. The van der Waals surface area contributed by atoms with Gasteiger partial charge in [-0.05, 0) is 139 Å². The maximum atomic E-state index is 14.8. The first-order valence-corrected chi connectivity index (χ1v) is 19.0. The van der Waals surface area contributed by atoms with Crippen molar-refractivity contribution < 1.29 is 4.79 Å². The normalized spacial score (nSPS) is 37.9. The van der Waals surface area contributed by atoms with Crippen LogP contribution < -0.4 is 5.73 Å². The van der Waals surface area contributed by atoms with Crippen LogP contribution in [0.5, 0.6) is 0 Å². The van der Waals surface area contributed by atoms with Crippen molar-refractivity contribution in [3.05, 3.63) is 52.6 Å². The van der Waals surface area contributed by atoms with Gasteiger partial charge in [-0.2, -0.15) is 5.10 Å². The summed E-state index contributed by atoms with van der Waals surface area (Å²) in [5, 5.41) is 17.2. The Labute approximate surface area is 289 Å². The van der Waals surface area contributed by atoms with Crippen LogP contribution in [0.25, 0.3) is 5.57 Å². The van der Waals surface area contributed by atoms with Crippen molar-refractivity contribution in [1.29, 1.82) is 0 Å². The lowest BCUT2D eigenvalue weighted by Gasteiger charge is -2.71. The van der Waals surface area contributed by atoms with Crippen LogP contribution in [-0.2, 0) is 16.6 Å². The number of hydrogen-bond acceptors (Lipinski definition) is 7. The van der Waals surface area contributed by atoms with E-state index in [1.54, 1.807) is 5.57 Å². The number of nitrogens with zero attached hydrogens (tertiary/aromatic N) is 4. The molecule has 0 saturated heterocycles. The van der Waals surface area contributed by atoms with Gasteiger partial charge in [0.25, 0.3) is 0 Å². The second-order valence-corrected chi connectivity index (χ2v) is 19.3. The predicted octanol–water partition coefficient (Wildman–Crippen LogP) is 8.48. The molecule has 9 heteroatoms. The smallest absolute Gasteiger partial charge is 0.220 e. The number of H-pyrrole nitrogens is 2. The van der Waals surface area contributed by atoms with Crippen LogP contribution in [-0.4, -0.2) is 35.5 Å². The van der Waals surface area contributed by atoms with Crippen LogP contribution in [0, 0.1) is 51.8 Å². The van der Waals surface area contributed by atoms with Crippen molar-refractivity contribution in [1.82, 2.24) is 30.4 Å². The van der Waals surface area contributed by atoms with E-state index >= 15 is 0 Å². The Hall–Kier alpha value is -2.94. The molecular formula is C39H53N7OS. The largest absolute Gasteiger partial charge is 0.368 e. The number of carbonyl (C=O) groups excluding carboxylic acids is 1. The molecule has 3 heterocycles. The molecule has 7 atom stereocenters. The second-order valence-electron chi connectivity index (χ2n) is 18.3. The predicted molar refractivity (Wildman–Crippen MR) is 191 cm³/mol. The number of aromatic amines is 2. The van der Waals surface area contributed by atoms with Gasteiger partial charge in [-0.25, -0.2) is 0 Å². The molecular weight excluding hydrogens is 615 g/mol. The average Bonchev–Trinajstić information content (AvgIpc) is 3.61. The number of nitrogens with two attached hydrogens (primary N) is 1. The average molecular weight is 668 g/mol. The zero-order valence-electron chi connectivity index (χ0n) is 30.1. The lowest BCUT2D eigenvalue weighted by Crippen LogP contribution is -2.65. The lowest BCUT2D eigenvalue weighted by atomic mass is 9.33. The van der Waals surface area contributed by atoms with Crippen LogP contribution >= 0.6 is 11.8 Å². The maximum Gasteiger partial charge on any atom is 0.220 e. The number of allylic oxidation sites excluding steroid dienone is 2. The fourth-order valence-corrected chi connectivity index (χ4v) is 13.5. The number of aromatic nitrogens is 6. The van der Waals surface area contributed by atoms with E-state index in [2.05, 4.69) is 94.0 Å². The number of fused-ring (bicyclic) bond motifs is 8. The maximum absolute atomic E-state index is 14.8. The lowest BCUT2D eigenvalue weighted by molar-refractivity contribution is -0.161. The molecule has 0 spiro atoms. The molecule has 3 saturated carbocycles. The number of carbonyl (C=O) groups is 1. The van der Waals surface area contributed by atoms with Crippen molar-refractivity contribution in [2.45, 2.75) is 124 Å². The number of rotatable bonds is 3. The first kappa shape index (κ1) is 32.3. The Bertz CT molecular complexity index is 1820. The molecule has 1 unspecified atom stereocenters. The van der Waals surface area contributed by atoms with Gasteiger partial charge in [0.05, 0.1) is 5.69 Å². The first-order chi connectivity index (χ1) is 22.6. The molecule has 3 aromatic heterocycles. The molecule has 8 nitrogen and oxygen atoms in total. The van der Waals surface area contributed by atoms with Crippen molar-refractivity contribution in [3.8, 4) is 0 Å². The molecule has 48 heavy (non-hydrogen) atoms. The van der Waals surface area contributed by atoms with Crippen LogP contribution in [0.15, 0.2) is 35.3 Å². The van der Waals surface area contributed by atoms with E-state index in [0.717, 1.165) is 44.9 Å². The molecule has 3 fully saturated rings. The highest BCUT2D eigenvalue weighted by Gasteiger charge is 2.70. The summed E-state index contributed by atoms with van der Waals surface area (Å²) in [6.45, 7) is 19.8. The van der Waals surface area contributed by atoms with Gasteiger partial charge >= 0.3 is 0 Å². The number of thioether (sulfide) groups is 1. The molecule has 5 aliphatic rings. The summed E-state index contributed by atoms with van der Waals surface area (Å²) in [6.07, 6.45) is 13.4. The molecule has 256 valence electrons. The number of hydrogen-bond donors (Lipinski definition) is 3. The van der Waals surface area contributed by atoms with Gasteiger partial charge in [0.15, 0.2) is 5.16 Å². The number of nitrogen functional groups attached to an aromatic ring is 1. The van der Waals surface area contributed by atoms with Gasteiger partial charge in [-0.3, -0.25) is 14.9 Å². The van der Waals surface area contributed by atoms with Crippen molar-refractivity contribution >= 4 is 28.4 Å². The van der Waals surface area contributed by atoms with E-state index in [4.69, 9.17) is 15.8 Å². The first-order valence-electron chi connectivity index (χ1n) is 18.1. The van der Waals surface area contributed by atoms with Gasteiger partial charge in [0.2, 0.25) is 11.1 Å². The molecule has 8 rings (SSSR count). The summed E-state index contributed by atoms with van der Waals surface area (Å²) in [7, 11) is 0. The summed E-state index contributed by atoms with van der Waals surface area (Å²) >= 11 is 1.22.